The lowest BCUT2D eigenvalue weighted by molar-refractivity contribution is -0.143. The van der Waals surface area contributed by atoms with Crippen molar-refractivity contribution in [1.82, 2.24) is 14.8 Å². The van der Waals surface area contributed by atoms with E-state index in [1.165, 1.54) is 4.90 Å². The Hall–Kier alpha value is -2.46. The maximum absolute atomic E-state index is 14.1. The van der Waals surface area contributed by atoms with Crippen LogP contribution >= 0.6 is 0 Å². The van der Waals surface area contributed by atoms with E-state index in [1.807, 2.05) is 0 Å². The van der Waals surface area contributed by atoms with Gasteiger partial charge in [-0.2, -0.15) is 13.2 Å². The first-order valence-corrected chi connectivity index (χ1v) is 8.72. The lowest BCUT2D eigenvalue weighted by Crippen LogP contribution is -2.59. The van der Waals surface area contributed by atoms with Gasteiger partial charge in [0.25, 0.3) is 5.92 Å². The molecule has 0 saturated carbocycles. The maximum Gasteiger partial charge on any atom is 0.433 e. The zero-order chi connectivity index (χ0) is 20.5. The minimum absolute atomic E-state index is 0.131. The molecule has 3 rings (SSSR count). The molecule has 1 aromatic heterocycles. The van der Waals surface area contributed by atoms with Gasteiger partial charge in [-0.05, 0) is 25.0 Å². The number of hydrogen-bond acceptors (Lipinski definition) is 4. The molecule has 0 bridgehead atoms. The number of carbonyl (C=O) groups is 2. The second-order valence-electron chi connectivity index (χ2n) is 6.88. The molecule has 2 aliphatic heterocycles. The molecule has 1 aromatic rings. The van der Waals surface area contributed by atoms with Crippen molar-refractivity contribution in [3.05, 3.63) is 24.0 Å². The summed E-state index contributed by atoms with van der Waals surface area (Å²) >= 11 is 0. The number of pyridine rings is 1. The van der Waals surface area contributed by atoms with Gasteiger partial charge in [0, 0.05) is 25.9 Å². The lowest BCUT2D eigenvalue weighted by Gasteiger charge is -2.43. The van der Waals surface area contributed by atoms with Crippen molar-refractivity contribution in [2.45, 2.75) is 43.8 Å². The zero-order valence-electron chi connectivity index (χ0n) is 14.7. The first-order chi connectivity index (χ1) is 13.0. The second kappa shape index (κ2) is 7.51. The van der Waals surface area contributed by atoms with Gasteiger partial charge in [-0.1, -0.05) is 0 Å². The average molecular weight is 407 g/mol. The van der Waals surface area contributed by atoms with E-state index in [1.54, 1.807) is 0 Å². The number of hydrogen-bond donors (Lipinski definition) is 0. The van der Waals surface area contributed by atoms with Crippen molar-refractivity contribution >= 4 is 12.0 Å². The summed E-state index contributed by atoms with van der Waals surface area (Å²) < 4.78 is 70.7. The van der Waals surface area contributed by atoms with E-state index in [0.717, 1.165) is 11.0 Å². The fourth-order valence-corrected chi connectivity index (χ4v) is 3.41. The van der Waals surface area contributed by atoms with Crippen LogP contribution < -0.4 is 4.74 Å². The smallest absolute Gasteiger partial charge is 0.409 e. The lowest BCUT2D eigenvalue weighted by atomic mass is 9.98. The van der Waals surface area contributed by atoms with Gasteiger partial charge in [0.15, 0.2) is 5.75 Å². The molecule has 2 aliphatic rings. The van der Waals surface area contributed by atoms with Crippen LogP contribution in [0.2, 0.25) is 0 Å². The molecule has 154 valence electrons. The van der Waals surface area contributed by atoms with Crippen molar-refractivity contribution in [2.75, 3.05) is 19.6 Å². The Morgan fingerprint density at radius 3 is 2.61 bits per heavy atom. The van der Waals surface area contributed by atoms with Crippen LogP contribution in [0.25, 0.3) is 0 Å². The van der Waals surface area contributed by atoms with Crippen LogP contribution in [0.3, 0.4) is 0 Å². The minimum Gasteiger partial charge on any atom is -0.409 e. The summed E-state index contributed by atoms with van der Waals surface area (Å²) in [4.78, 5) is 29.6. The molecule has 0 radical (unpaired) electrons. The number of nitrogens with zero attached hydrogens (tertiary/aromatic N) is 3. The third kappa shape index (κ3) is 4.68. The highest BCUT2D eigenvalue weighted by molar-refractivity contribution is 5.77. The van der Waals surface area contributed by atoms with Gasteiger partial charge >= 0.3 is 12.3 Å². The summed E-state index contributed by atoms with van der Waals surface area (Å²) in [6.45, 7) is -0.669. The molecular weight excluding hydrogens is 389 g/mol. The molecule has 28 heavy (non-hydrogen) atoms. The Balaban J connectivity index is 1.69. The van der Waals surface area contributed by atoms with E-state index in [-0.39, 0.29) is 24.6 Å². The van der Waals surface area contributed by atoms with Crippen LogP contribution in [0.5, 0.6) is 5.75 Å². The minimum atomic E-state index is -4.65. The van der Waals surface area contributed by atoms with Gasteiger partial charge in [0.2, 0.25) is 5.91 Å². The Kier molecular flexibility index (Phi) is 5.44. The number of ether oxygens (including phenoxy) is 1. The SMILES string of the molecule is O=C(Oc1ccc(C(F)(F)F)nc1)N1C[C@H](N2CCCCC2=O)CC(F)(F)C1. The van der Waals surface area contributed by atoms with Gasteiger partial charge in [0.05, 0.1) is 18.8 Å². The summed E-state index contributed by atoms with van der Waals surface area (Å²) in [7, 11) is 0. The summed E-state index contributed by atoms with van der Waals surface area (Å²) in [5.74, 6) is -3.73. The highest BCUT2D eigenvalue weighted by atomic mass is 19.4. The highest BCUT2D eigenvalue weighted by Crippen LogP contribution is 2.32. The van der Waals surface area contributed by atoms with Crippen LogP contribution in [-0.4, -0.2) is 58.4 Å². The van der Waals surface area contributed by atoms with Gasteiger partial charge in [-0.3, -0.25) is 9.69 Å². The first kappa shape index (κ1) is 20.3. The molecule has 0 N–H and O–H groups in total. The van der Waals surface area contributed by atoms with E-state index in [2.05, 4.69) is 4.98 Å². The monoisotopic (exact) mass is 407 g/mol. The third-order valence-corrected chi connectivity index (χ3v) is 4.68. The third-order valence-electron chi connectivity index (χ3n) is 4.68. The van der Waals surface area contributed by atoms with E-state index in [0.29, 0.717) is 31.6 Å². The summed E-state index contributed by atoms with van der Waals surface area (Å²) in [6, 6.07) is 0.680. The van der Waals surface area contributed by atoms with E-state index in [4.69, 9.17) is 4.74 Å². The van der Waals surface area contributed by atoms with Crippen LogP contribution in [0.1, 0.15) is 31.4 Å². The van der Waals surface area contributed by atoms with E-state index >= 15 is 0 Å². The molecule has 3 heterocycles. The van der Waals surface area contributed by atoms with Gasteiger partial charge in [-0.25, -0.2) is 18.6 Å². The number of piperidine rings is 2. The number of halogens is 5. The molecule has 0 aliphatic carbocycles. The predicted octanol–water partition coefficient (Wildman–Crippen LogP) is 3.32. The molecule has 0 spiro atoms. The molecule has 0 aromatic carbocycles. The topological polar surface area (TPSA) is 62.7 Å². The number of rotatable bonds is 2. The van der Waals surface area contributed by atoms with Crippen molar-refractivity contribution in [3.8, 4) is 5.75 Å². The number of aromatic nitrogens is 1. The molecule has 6 nitrogen and oxygen atoms in total. The van der Waals surface area contributed by atoms with E-state index in [9.17, 15) is 31.5 Å². The van der Waals surface area contributed by atoms with Gasteiger partial charge < -0.3 is 9.64 Å². The van der Waals surface area contributed by atoms with Gasteiger partial charge in [-0.15, -0.1) is 0 Å². The van der Waals surface area contributed by atoms with Crippen molar-refractivity contribution in [3.63, 3.8) is 0 Å². The number of carbonyl (C=O) groups excluding carboxylic acids is 2. The molecule has 2 saturated heterocycles. The van der Waals surface area contributed by atoms with Gasteiger partial charge in [0.1, 0.15) is 5.69 Å². The zero-order valence-corrected chi connectivity index (χ0v) is 14.7. The quantitative estimate of drug-likeness (QED) is 0.706. The van der Waals surface area contributed by atoms with Crippen LogP contribution in [0.15, 0.2) is 18.3 Å². The number of alkyl halides is 5. The molecular formula is C17H18F5N3O3. The summed E-state index contributed by atoms with van der Waals surface area (Å²) in [5.41, 5.74) is -1.17. The number of likely N-dealkylation sites (tertiary alicyclic amines) is 2. The highest BCUT2D eigenvalue weighted by Gasteiger charge is 2.45. The largest absolute Gasteiger partial charge is 0.433 e. The Morgan fingerprint density at radius 1 is 1.25 bits per heavy atom. The van der Waals surface area contributed by atoms with Crippen molar-refractivity contribution in [1.29, 1.82) is 0 Å². The summed E-state index contributed by atoms with van der Waals surface area (Å²) in [6.07, 6.45) is -3.94. The predicted molar refractivity (Wildman–Crippen MR) is 85.8 cm³/mol. The van der Waals surface area contributed by atoms with Crippen molar-refractivity contribution in [2.24, 2.45) is 0 Å². The fourth-order valence-electron chi connectivity index (χ4n) is 3.41. The molecule has 0 unspecified atom stereocenters. The Morgan fingerprint density at radius 2 is 2.00 bits per heavy atom. The number of amides is 2. The molecule has 11 heteroatoms. The molecule has 2 fully saturated rings. The fraction of sp³-hybridized carbons (Fsp3) is 0.588. The van der Waals surface area contributed by atoms with Crippen LogP contribution in [-0.2, 0) is 11.0 Å². The molecule has 2 amide bonds. The van der Waals surface area contributed by atoms with E-state index < -0.39 is 42.9 Å². The van der Waals surface area contributed by atoms with Crippen molar-refractivity contribution < 1.29 is 36.3 Å². The maximum atomic E-state index is 14.1. The average Bonchev–Trinajstić information content (AvgIpc) is 2.60. The molecule has 1 atom stereocenters. The summed E-state index contributed by atoms with van der Waals surface area (Å²) in [5, 5.41) is 0. The Labute approximate surface area is 157 Å². The van der Waals surface area contributed by atoms with Crippen LogP contribution in [0, 0.1) is 0 Å². The van der Waals surface area contributed by atoms with Crippen LogP contribution in [0.4, 0.5) is 26.7 Å². The first-order valence-electron chi connectivity index (χ1n) is 8.72. The standard InChI is InChI=1S/C17H18F5N3O3/c18-16(19)7-11(25-6-2-1-3-14(25)26)9-24(10-16)15(27)28-12-4-5-13(23-8-12)17(20,21)22/h4-5,8,11H,1-3,6-7,9-10H2/t11-/m1/s1. The normalized spacial score (nSPS) is 22.9. The Bertz CT molecular complexity index is 739. The second-order valence-corrected chi connectivity index (χ2v) is 6.88.